The Hall–Kier alpha value is -4.12. The molecule has 5 aromatic carbocycles. The zero-order valence-corrected chi connectivity index (χ0v) is 19.4. The van der Waals surface area contributed by atoms with Crippen LogP contribution in [0.3, 0.4) is 0 Å². The largest absolute Gasteiger partial charge is 0.444 e. The molecule has 170 valence electrons. The highest BCUT2D eigenvalue weighted by Crippen LogP contribution is 2.36. The van der Waals surface area contributed by atoms with Gasteiger partial charge in [-0.2, -0.15) is 0 Å². The molecule has 5 heteroatoms. The van der Waals surface area contributed by atoms with Crippen LogP contribution in [-0.2, 0) is 16.1 Å². The smallest absolute Gasteiger partial charge is 0.442 e. The van der Waals surface area contributed by atoms with Gasteiger partial charge in [0.25, 0.3) is 0 Å². The maximum atomic E-state index is 13.0. The molecule has 0 N–H and O–H groups in total. The van der Waals surface area contributed by atoms with Gasteiger partial charge in [0.1, 0.15) is 5.60 Å². The van der Waals surface area contributed by atoms with Gasteiger partial charge in [-0.1, -0.05) is 72.8 Å². The minimum atomic E-state index is -0.739. The number of carbonyl (C=O) groups excluding carboxylic acids is 2. The molecule has 0 radical (unpaired) electrons. The second-order valence-electron chi connectivity index (χ2n) is 9.34. The summed E-state index contributed by atoms with van der Waals surface area (Å²) in [6.07, 6.45) is -0.720. The third-order valence-electron chi connectivity index (χ3n) is 5.73. The van der Waals surface area contributed by atoms with Crippen LogP contribution in [0.1, 0.15) is 36.7 Å². The summed E-state index contributed by atoms with van der Waals surface area (Å²) in [5, 5.41) is 7.77. The van der Waals surface area contributed by atoms with E-state index in [1.807, 2.05) is 18.2 Å². The predicted octanol–water partition coefficient (Wildman–Crippen LogP) is 7.09. The Bertz CT molecular complexity index is 1490. The minimum absolute atomic E-state index is 0.0572. The normalized spacial score (nSPS) is 11.7. The number of hydrogen-bond acceptors (Lipinski definition) is 4. The van der Waals surface area contributed by atoms with E-state index in [0.29, 0.717) is 5.56 Å². The quantitative estimate of drug-likeness (QED) is 0.217. The molecule has 1 amide bonds. The molecule has 0 spiro atoms. The summed E-state index contributed by atoms with van der Waals surface area (Å²) in [4.78, 5) is 31.4. The number of amides is 1. The predicted molar refractivity (Wildman–Crippen MR) is 134 cm³/mol. The van der Waals surface area contributed by atoms with E-state index in [0.717, 1.165) is 37.6 Å². The van der Waals surface area contributed by atoms with E-state index in [1.165, 1.54) is 5.39 Å². The van der Waals surface area contributed by atoms with E-state index >= 15 is 0 Å². The zero-order chi connectivity index (χ0) is 23.9. The Morgan fingerprint density at radius 2 is 1.35 bits per heavy atom. The molecule has 0 bridgehead atoms. The standard InChI is InChI=1S/C29H25NO4/c1-29(2,3)33-28(32)30(34-27(31)22-8-5-4-6-9-22)18-23-15-14-21-13-12-19-10-7-11-20-16-17-24(23)26(21)25(19)20/h4-17H,18H2,1-3H3. The van der Waals surface area contributed by atoms with Gasteiger partial charge >= 0.3 is 12.1 Å². The monoisotopic (exact) mass is 451 g/mol. The van der Waals surface area contributed by atoms with Gasteiger partial charge in [0, 0.05) is 0 Å². The third-order valence-corrected chi connectivity index (χ3v) is 5.73. The molecule has 0 fully saturated rings. The van der Waals surface area contributed by atoms with Crippen LogP contribution in [-0.4, -0.2) is 22.7 Å². The van der Waals surface area contributed by atoms with Gasteiger partial charge in [0.05, 0.1) is 12.1 Å². The Balaban J connectivity index is 1.56. The van der Waals surface area contributed by atoms with Gasteiger partial charge in [-0.3, -0.25) is 0 Å². The van der Waals surface area contributed by atoms with Crippen molar-refractivity contribution in [3.05, 3.63) is 96.1 Å². The summed E-state index contributed by atoms with van der Waals surface area (Å²) in [6.45, 7) is 5.39. The fourth-order valence-electron chi connectivity index (χ4n) is 4.26. The molecule has 5 rings (SSSR count). The third kappa shape index (κ3) is 4.13. The highest BCUT2D eigenvalue weighted by atomic mass is 16.8. The molecule has 34 heavy (non-hydrogen) atoms. The van der Waals surface area contributed by atoms with Crippen molar-refractivity contribution in [1.82, 2.24) is 5.06 Å². The van der Waals surface area contributed by atoms with Crippen LogP contribution in [0, 0.1) is 0 Å². The number of nitrogens with zero attached hydrogens (tertiary/aromatic N) is 1. The topological polar surface area (TPSA) is 55.8 Å². The number of ether oxygens (including phenoxy) is 1. The molecule has 0 unspecified atom stereocenters. The second kappa shape index (κ2) is 8.34. The maximum Gasteiger partial charge on any atom is 0.444 e. The Kier molecular flexibility index (Phi) is 5.33. The van der Waals surface area contributed by atoms with Crippen LogP contribution in [0.15, 0.2) is 84.9 Å². The number of hydroxylamine groups is 2. The molecule has 0 saturated carbocycles. The summed E-state index contributed by atoms with van der Waals surface area (Å²) in [7, 11) is 0. The SMILES string of the molecule is CC(C)(C)OC(=O)N(Cc1ccc2ccc3cccc4ccc1c2c34)OC(=O)c1ccccc1. The van der Waals surface area contributed by atoms with Crippen molar-refractivity contribution in [1.29, 1.82) is 0 Å². The molecule has 0 atom stereocenters. The van der Waals surface area contributed by atoms with Crippen molar-refractivity contribution in [3.63, 3.8) is 0 Å². The summed E-state index contributed by atoms with van der Waals surface area (Å²) < 4.78 is 5.54. The van der Waals surface area contributed by atoms with Gasteiger partial charge in [0.2, 0.25) is 0 Å². The van der Waals surface area contributed by atoms with Crippen molar-refractivity contribution in [2.45, 2.75) is 32.9 Å². The highest BCUT2D eigenvalue weighted by molar-refractivity contribution is 6.23. The first-order valence-electron chi connectivity index (χ1n) is 11.2. The molecule has 0 heterocycles. The lowest BCUT2D eigenvalue weighted by atomic mass is 9.92. The van der Waals surface area contributed by atoms with Crippen molar-refractivity contribution in [3.8, 4) is 0 Å². The van der Waals surface area contributed by atoms with Crippen LogP contribution in [0.25, 0.3) is 32.3 Å². The van der Waals surface area contributed by atoms with Crippen LogP contribution in [0.5, 0.6) is 0 Å². The first-order valence-corrected chi connectivity index (χ1v) is 11.2. The van der Waals surface area contributed by atoms with Gasteiger partial charge in [0.15, 0.2) is 0 Å². The fourth-order valence-corrected chi connectivity index (χ4v) is 4.26. The molecule has 0 aliphatic rings. The first kappa shape index (κ1) is 21.7. The average molecular weight is 452 g/mol. The lowest BCUT2D eigenvalue weighted by molar-refractivity contribution is -0.113. The van der Waals surface area contributed by atoms with E-state index in [9.17, 15) is 9.59 Å². The minimum Gasteiger partial charge on any atom is -0.442 e. The zero-order valence-electron chi connectivity index (χ0n) is 19.4. The lowest BCUT2D eigenvalue weighted by Crippen LogP contribution is -2.38. The molecule has 0 aliphatic carbocycles. The van der Waals surface area contributed by atoms with Crippen LogP contribution >= 0.6 is 0 Å². The van der Waals surface area contributed by atoms with E-state index in [2.05, 4.69) is 42.5 Å². The van der Waals surface area contributed by atoms with E-state index in [-0.39, 0.29) is 6.54 Å². The summed E-state index contributed by atoms with van der Waals surface area (Å²) in [6, 6.07) is 27.2. The van der Waals surface area contributed by atoms with Crippen LogP contribution < -0.4 is 0 Å². The molecule has 0 saturated heterocycles. The summed E-state index contributed by atoms with van der Waals surface area (Å²) in [5.74, 6) is -0.621. The number of rotatable bonds is 3. The molecule has 0 aromatic heterocycles. The van der Waals surface area contributed by atoms with E-state index in [1.54, 1.807) is 45.0 Å². The Morgan fingerprint density at radius 3 is 2.03 bits per heavy atom. The number of hydrogen-bond donors (Lipinski definition) is 0. The molecular weight excluding hydrogens is 426 g/mol. The highest BCUT2D eigenvalue weighted by Gasteiger charge is 2.27. The van der Waals surface area contributed by atoms with Gasteiger partial charge in [-0.05, 0) is 70.8 Å². The van der Waals surface area contributed by atoms with Crippen molar-refractivity contribution >= 4 is 44.4 Å². The van der Waals surface area contributed by atoms with Crippen LogP contribution in [0.4, 0.5) is 4.79 Å². The van der Waals surface area contributed by atoms with Gasteiger partial charge in [-0.25, -0.2) is 9.59 Å². The Morgan fingerprint density at radius 1 is 0.735 bits per heavy atom. The van der Waals surface area contributed by atoms with Crippen molar-refractivity contribution in [2.24, 2.45) is 0 Å². The average Bonchev–Trinajstić information content (AvgIpc) is 2.82. The van der Waals surface area contributed by atoms with E-state index < -0.39 is 17.7 Å². The second-order valence-corrected chi connectivity index (χ2v) is 9.34. The Labute approximate surface area is 197 Å². The first-order chi connectivity index (χ1) is 16.3. The van der Waals surface area contributed by atoms with Crippen molar-refractivity contribution in [2.75, 3.05) is 0 Å². The van der Waals surface area contributed by atoms with Crippen LogP contribution in [0.2, 0.25) is 0 Å². The molecular formula is C29H25NO4. The molecule has 5 nitrogen and oxygen atoms in total. The molecule has 5 aromatic rings. The van der Waals surface area contributed by atoms with Gasteiger partial charge in [-0.15, -0.1) is 5.06 Å². The fraction of sp³-hybridized carbons (Fsp3) is 0.172. The molecule has 0 aliphatic heterocycles. The summed E-state index contributed by atoms with van der Waals surface area (Å²) in [5.41, 5.74) is 0.473. The summed E-state index contributed by atoms with van der Waals surface area (Å²) >= 11 is 0. The maximum absolute atomic E-state index is 13.0. The number of carbonyl (C=O) groups is 2. The van der Waals surface area contributed by atoms with E-state index in [4.69, 9.17) is 9.57 Å². The van der Waals surface area contributed by atoms with Gasteiger partial charge < -0.3 is 9.57 Å². The lowest BCUT2D eigenvalue weighted by Gasteiger charge is -2.26. The number of benzene rings is 5. The van der Waals surface area contributed by atoms with Crippen molar-refractivity contribution < 1.29 is 19.2 Å².